The highest BCUT2D eigenvalue weighted by molar-refractivity contribution is 7.89. The SMILES string of the molecule is NS(=O)(=O)c1ccccc1Cc1ccc2ccccc2n1. The fourth-order valence-electron chi connectivity index (χ4n) is 2.33. The number of hydrogen-bond acceptors (Lipinski definition) is 3. The zero-order valence-electron chi connectivity index (χ0n) is 11.2. The van der Waals surface area contributed by atoms with E-state index in [0.717, 1.165) is 16.6 Å². The van der Waals surface area contributed by atoms with E-state index in [9.17, 15) is 8.42 Å². The van der Waals surface area contributed by atoms with Crippen molar-refractivity contribution in [3.05, 3.63) is 71.9 Å². The highest BCUT2D eigenvalue weighted by atomic mass is 32.2. The molecule has 0 saturated carbocycles. The zero-order chi connectivity index (χ0) is 14.9. The minimum Gasteiger partial charge on any atom is -0.252 e. The summed E-state index contributed by atoms with van der Waals surface area (Å²) in [5.74, 6) is 0. The second-order valence-electron chi connectivity index (χ2n) is 4.82. The Kier molecular flexibility index (Phi) is 3.45. The maximum Gasteiger partial charge on any atom is 0.238 e. The predicted molar refractivity (Wildman–Crippen MR) is 82.4 cm³/mol. The fraction of sp³-hybridized carbons (Fsp3) is 0.0625. The third-order valence-electron chi connectivity index (χ3n) is 3.31. The van der Waals surface area contributed by atoms with Crippen molar-refractivity contribution < 1.29 is 8.42 Å². The van der Waals surface area contributed by atoms with Gasteiger partial charge in [0.25, 0.3) is 0 Å². The smallest absolute Gasteiger partial charge is 0.238 e. The molecule has 0 amide bonds. The molecule has 106 valence electrons. The Morgan fingerprint density at radius 3 is 2.43 bits per heavy atom. The summed E-state index contributed by atoms with van der Waals surface area (Å²) in [6, 6.07) is 18.4. The Morgan fingerprint density at radius 2 is 1.62 bits per heavy atom. The molecule has 3 rings (SSSR count). The van der Waals surface area contributed by atoms with Crippen LogP contribution in [0.15, 0.2) is 65.6 Å². The van der Waals surface area contributed by atoms with Gasteiger partial charge in [-0.05, 0) is 23.8 Å². The van der Waals surface area contributed by atoms with Gasteiger partial charge in [0.1, 0.15) is 0 Å². The Bertz CT molecular complexity index is 905. The number of para-hydroxylation sites is 1. The van der Waals surface area contributed by atoms with Gasteiger partial charge in [0, 0.05) is 17.5 Å². The molecule has 0 aliphatic carbocycles. The average molecular weight is 298 g/mol. The first-order chi connectivity index (χ1) is 10.0. The van der Waals surface area contributed by atoms with Gasteiger partial charge < -0.3 is 0 Å². The van der Waals surface area contributed by atoms with Gasteiger partial charge in [-0.3, -0.25) is 4.98 Å². The molecule has 0 saturated heterocycles. The first-order valence-electron chi connectivity index (χ1n) is 6.49. The maximum atomic E-state index is 11.6. The van der Waals surface area contributed by atoms with Crippen LogP contribution in [-0.2, 0) is 16.4 Å². The van der Waals surface area contributed by atoms with Crippen LogP contribution >= 0.6 is 0 Å². The molecule has 4 nitrogen and oxygen atoms in total. The topological polar surface area (TPSA) is 73.1 Å². The van der Waals surface area contributed by atoms with Gasteiger partial charge in [-0.25, -0.2) is 13.6 Å². The van der Waals surface area contributed by atoms with Gasteiger partial charge in [-0.15, -0.1) is 0 Å². The molecule has 0 bridgehead atoms. The van der Waals surface area contributed by atoms with E-state index in [2.05, 4.69) is 4.98 Å². The van der Waals surface area contributed by atoms with Gasteiger partial charge in [0.05, 0.1) is 10.4 Å². The monoisotopic (exact) mass is 298 g/mol. The van der Waals surface area contributed by atoms with Crippen molar-refractivity contribution in [1.29, 1.82) is 0 Å². The Balaban J connectivity index is 2.03. The van der Waals surface area contributed by atoms with E-state index in [1.807, 2.05) is 36.4 Å². The molecular weight excluding hydrogens is 284 g/mol. The van der Waals surface area contributed by atoms with E-state index >= 15 is 0 Å². The number of pyridine rings is 1. The van der Waals surface area contributed by atoms with Crippen molar-refractivity contribution in [2.45, 2.75) is 11.3 Å². The third kappa shape index (κ3) is 2.94. The van der Waals surface area contributed by atoms with E-state index in [4.69, 9.17) is 5.14 Å². The van der Waals surface area contributed by atoms with E-state index in [1.165, 1.54) is 6.07 Å². The number of sulfonamides is 1. The summed E-state index contributed by atoms with van der Waals surface area (Å²) in [5.41, 5.74) is 2.36. The molecule has 21 heavy (non-hydrogen) atoms. The van der Waals surface area contributed by atoms with E-state index in [0.29, 0.717) is 12.0 Å². The van der Waals surface area contributed by atoms with Crippen LogP contribution in [0.2, 0.25) is 0 Å². The highest BCUT2D eigenvalue weighted by Gasteiger charge is 2.13. The van der Waals surface area contributed by atoms with Crippen LogP contribution in [0.1, 0.15) is 11.3 Å². The van der Waals surface area contributed by atoms with E-state index < -0.39 is 10.0 Å². The number of benzene rings is 2. The summed E-state index contributed by atoms with van der Waals surface area (Å²) >= 11 is 0. The molecular formula is C16H14N2O2S. The number of rotatable bonds is 3. The molecule has 0 aliphatic heterocycles. The first kappa shape index (κ1) is 13.7. The zero-order valence-corrected chi connectivity index (χ0v) is 12.0. The summed E-state index contributed by atoms with van der Waals surface area (Å²) in [4.78, 5) is 4.71. The molecule has 1 aromatic heterocycles. The van der Waals surface area contributed by atoms with E-state index in [1.54, 1.807) is 18.2 Å². The summed E-state index contributed by atoms with van der Waals surface area (Å²) in [7, 11) is -3.72. The normalized spacial score (nSPS) is 11.7. The summed E-state index contributed by atoms with van der Waals surface area (Å²) in [6.07, 6.45) is 0.428. The second-order valence-corrected chi connectivity index (χ2v) is 6.35. The molecule has 2 aromatic carbocycles. The van der Waals surface area contributed by atoms with Crippen molar-refractivity contribution in [1.82, 2.24) is 4.98 Å². The van der Waals surface area contributed by atoms with Crippen LogP contribution < -0.4 is 5.14 Å². The van der Waals surface area contributed by atoms with Crippen LogP contribution in [0.25, 0.3) is 10.9 Å². The molecule has 2 N–H and O–H groups in total. The van der Waals surface area contributed by atoms with Crippen molar-refractivity contribution >= 4 is 20.9 Å². The van der Waals surface area contributed by atoms with Crippen LogP contribution in [0.5, 0.6) is 0 Å². The molecule has 0 fully saturated rings. The van der Waals surface area contributed by atoms with Crippen molar-refractivity contribution in [2.75, 3.05) is 0 Å². The molecule has 5 heteroatoms. The van der Waals surface area contributed by atoms with Crippen LogP contribution in [0.3, 0.4) is 0 Å². The quantitative estimate of drug-likeness (QED) is 0.807. The number of hydrogen-bond donors (Lipinski definition) is 1. The Morgan fingerprint density at radius 1 is 0.905 bits per heavy atom. The Labute approximate surface area is 123 Å². The van der Waals surface area contributed by atoms with Crippen molar-refractivity contribution in [3.63, 3.8) is 0 Å². The lowest BCUT2D eigenvalue weighted by Crippen LogP contribution is -2.14. The van der Waals surface area contributed by atoms with Crippen molar-refractivity contribution in [2.24, 2.45) is 5.14 Å². The highest BCUT2D eigenvalue weighted by Crippen LogP contribution is 2.19. The summed E-state index contributed by atoms with van der Waals surface area (Å²) < 4.78 is 23.2. The average Bonchev–Trinajstić information content (AvgIpc) is 2.46. The van der Waals surface area contributed by atoms with Gasteiger partial charge in [-0.1, -0.05) is 42.5 Å². The minimum atomic E-state index is -3.72. The lowest BCUT2D eigenvalue weighted by molar-refractivity contribution is 0.597. The number of nitrogens with zero attached hydrogens (tertiary/aromatic N) is 1. The summed E-state index contributed by atoms with van der Waals surface area (Å²) in [5, 5.41) is 6.31. The van der Waals surface area contributed by atoms with Crippen LogP contribution in [-0.4, -0.2) is 13.4 Å². The van der Waals surface area contributed by atoms with Crippen LogP contribution in [0.4, 0.5) is 0 Å². The molecule has 0 spiro atoms. The number of aromatic nitrogens is 1. The Hall–Kier alpha value is -2.24. The van der Waals surface area contributed by atoms with Crippen molar-refractivity contribution in [3.8, 4) is 0 Å². The maximum absolute atomic E-state index is 11.6. The number of primary sulfonamides is 1. The standard InChI is InChI=1S/C16H14N2O2S/c17-21(19,20)16-8-4-2-6-13(16)11-14-10-9-12-5-1-3-7-15(12)18-14/h1-10H,11H2,(H2,17,19,20). The summed E-state index contributed by atoms with van der Waals surface area (Å²) in [6.45, 7) is 0. The number of nitrogens with two attached hydrogens (primary N) is 1. The van der Waals surface area contributed by atoms with Gasteiger partial charge in [-0.2, -0.15) is 0 Å². The van der Waals surface area contributed by atoms with Gasteiger partial charge in [0.2, 0.25) is 10.0 Å². The van der Waals surface area contributed by atoms with E-state index in [-0.39, 0.29) is 4.90 Å². The van der Waals surface area contributed by atoms with Gasteiger partial charge >= 0.3 is 0 Å². The van der Waals surface area contributed by atoms with Gasteiger partial charge in [0.15, 0.2) is 0 Å². The number of fused-ring (bicyclic) bond motifs is 1. The molecule has 0 atom stereocenters. The predicted octanol–water partition coefficient (Wildman–Crippen LogP) is 2.47. The first-order valence-corrected chi connectivity index (χ1v) is 8.04. The fourth-order valence-corrected chi connectivity index (χ4v) is 3.10. The second kappa shape index (κ2) is 5.27. The minimum absolute atomic E-state index is 0.153. The largest absolute Gasteiger partial charge is 0.252 e. The molecule has 0 unspecified atom stereocenters. The molecule has 1 heterocycles. The lowest BCUT2D eigenvalue weighted by Gasteiger charge is -2.08. The molecule has 0 radical (unpaired) electrons. The lowest BCUT2D eigenvalue weighted by atomic mass is 10.1. The van der Waals surface area contributed by atoms with Crippen LogP contribution in [0, 0.1) is 0 Å². The molecule has 0 aliphatic rings. The molecule has 3 aromatic rings. The third-order valence-corrected chi connectivity index (χ3v) is 4.32.